The van der Waals surface area contributed by atoms with Crippen LogP contribution in [0.5, 0.6) is 11.6 Å². The normalized spacial score (nSPS) is 10.6. The highest BCUT2D eigenvalue weighted by molar-refractivity contribution is 5.90. The molecule has 7 heteroatoms. The van der Waals surface area contributed by atoms with E-state index in [2.05, 4.69) is 21.1 Å². The molecule has 0 spiro atoms. The lowest BCUT2D eigenvalue weighted by Gasteiger charge is -2.09. The molecule has 1 aromatic carbocycles. The molecule has 3 aromatic rings. The Morgan fingerprint density at radius 2 is 1.81 bits per heavy atom. The molecule has 2 heterocycles. The third-order valence-corrected chi connectivity index (χ3v) is 3.77. The molecule has 0 aliphatic heterocycles. The average Bonchev–Trinajstić information content (AvgIpc) is 2.96. The zero-order valence-corrected chi connectivity index (χ0v) is 15.2. The number of carbonyl (C=O) groups excluding carboxylic acids is 1. The summed E-state index contributed by atoms with van der Waals surface area (Å²) in [5.41, 5.74) is 3.26. The summed E-state index contributed by atoms with van der Waals surface area (Å²) in [5.74, 6) is 1.20. The lowest BCUT2D eigenvalue weighted by Crippen LogP contribution is -2.08. The van der Waals surface area contributed by atoms with Crippen molar-refractivity contribution >= 4 is 5.97 Å². The summed E-state index contributed by atoms with van der Waals surface area (Å²) in [7, 11) is 0. The van der Waals surface area contributed by atoms with E-state index in [-0.39, 0.29) is 0 Å². The number of hydrogen-bond donors (Lipinski definition) is 0. The molecule has 0 fully saturated rings. The minimum Gasteiger partial charge on any atom is -0.462 e. The number of carbonyl (C=O) groups is 1. The number of ether oxygens (including phenoxy) is 2. The fourth-order valence-electron chi connectivity index (χ4n) is 2.66. The number of esters is 1. The van der Waals surface area contributed by atoms with Gasteiger partial charge >= 0.3 is 5.97 Å². The molecular weight excluding hydrogens is 332 g/mol. The van der Waals surface area contributed by atoms with E-state index >= 15 is 0 Å². The summed E-state index contributed by atoms with van der Waals surface area (Å²) in [4.78, 5) is 20.3. The Labute approximate surface area is 151 Å². The molecular formula is C19H20N4O3. The third-order valence-electron chi connectivity index (χ3n) is 3.77. The van der Waals surface area contributed by atoms with Gasteiger partial charge in [0, 0.05) is 6.07 Å². The Hall–Kier alpha value is -3.22. The first-order valence-electron chi connectivity index (χ1n) is 8.28. The molecule has 0 aliphatic carbocycles. The monoisotopic (exact) mass is 352 g/mol. The van der Waals surface area contributed by atoms with Crippen LogP contribution in [0.2, 0.25) is 0 Å². The van der Waals surface area contributed by atoms with Crippen LogP contribution in [0.1, 0.15) is 34.1 Å². The van der Waals surface area contributed by atoms with Crippen LogP contribution in [-0.2, 0) is 4.74 Å². The first-order valence-corrected chi connectivity index (χ1v) is 8.28. The Kier molecular flexibility index (Phi) is 4.97. The molecule has 0 amide bonds. The van der Waals surface area contributed by atoms with Crippen LogP contribution in [0.25, 0.3) is 5.82 Å². The maximum Gasteiger partial charge on any atom is 0.341 e. The van der Waals surface area contributed by atoms with Gasteiger partial charge in [-0.2, -0.15) is 5.10 Å². The summed E-state index contributed by atoms with van der Waals surface area (Å²) >= 11 is 0. The highest BCUT2D eigenvalue weighted by Crippen LogP contribution is 2.23. The molecule has 0 saturated heterocycles. The first-order chi connectivity index (χ1) is 12.5. The van der Waals surface area contributed by atoms with Gasteiger partial charge in [-0.1, -0.05) is 6.07 Å². The minimum absolute atomic E-state index is 0.310. The van der Waals surface area contributed by atoms with Gasteiger partial charge in [0.2, 0.25) is 5.88 Å². The Morgan fingerprint density at radius 1 is 1.08 bits per heavy atom. The van der Waals surface area contributed by atoms with Crippen molar-refractivity contribution in [2.24, 2.45) is 0 Å². The Balaban J connectivity index is 1.89. The number of hydrogen-bond acceptors (Lipinski definition) is 6. The average molecular weight is 352 g/mol. The van der Waals surface area contributed by atoms with Crippen LogP contribution in [0, 0.1) is 20.8 Å². The van der Waals surface area contributed by atoms with E-state index in [1.165, 1.54) is 12.5 Å². The van der Waals surface area contributed by atoms with Crippen molar-refractivity contribution in [1.29, 1.82) is 0 Å². The van der Waals surface area contributed by atoms with Crippen LogP contribution in [0.3, 0.4) is 0 Å². The molecule has 0 radical (unpaired) electrons. The predicted octanol–water partition coefficient (Wildman–Crippen LogP) is 3.56. The van der Waals surface area contributed by atoms with Crippen molar-refractivity contribution in [2.45, 2.75) is 27.7 Å². The van der Waals surface area contributed by atoms with Crippen molar-refractivity contribution in [3.8, 4) is 17.4 Å². The topological polar surface area (TPSA) is 79.1 Å². The summed E-state index contributed by atoms with van der Waals surface area (Å²) in [6.07, 6.45) is 2.87. The van der Waals surface area contributed by atoms with Crippen LogP contribution in [-0.4, -0.2) is 32.3 Å². The van der Waals surface area contributed by atoms with Crippen molar-refractivity contribution in [3.63, 3.8) is 0 Å². The van der Waals surface area contributed by atoms with Crippen molar-refractivity contribution < 1.29 is 14.3 Å². The number of aryl methyl sites for hydroxylation is 2. The van der Waals surface area contributed by atoms with Crippen molar-refractivity contribution in [3.05, 3.63) is 59.2 Å². The fourth-order valence-corrected chi connectivity index (χ4v) is 2.66. The minimum atomic E-state index is -0.406. The van der Waals surface area contributed by atoms with Gasteiger partial charge in [0.25, 0.3) is 0 Å². The molecule has 0 aliphatic rings. The van der Waals surface area contributed by atoms with Crippen LogP contribution in [0.4, 0.5) is 0 Å². The zero-order chi connectivity index (χ0) is 18.7. The highest BCUT2D eigenvalue weighted by Gasteiger charge is 2.17. The predicted molar refractivity (Wildman–Crippen MR) is 95.8 cm³/mol. The van der Waals surface area contributed by atoms with Crippen LogP contribution < -0.4 is 4.74 Å². The lowest BCUT2D eigenvalue weighted by atomic mass is 10.1. The van der Waals surface area contributed by atoms with E-state index in [1.807, 2.05) is 26.0 Å². The van der Waals surface area contributed by atoms with Crippen molar-refractivity contribution in [2.75, 3.05) is 6.61 Å². The first kappa shape index (κ1) is 17.6. The zero-order valence-electron chi connectivity index (χ0n) is 15.2. The van der Waals surface area contributed by atoms with E-state index in [1.54, 1.807) is 24.6 Å². The number of nitrogens with zero attached hydrogens (tertiary/aromatic N) is 4. The SMILES string of the molecule is CCOC(=O)c1cnn(-c2cc(Oc3cc(C)cc(C)c3)ncn2)c1C. The highest BCUT2D eigenvalue weighted by atomic mass is 16.5. The number of benzene rings is 1. The van der Waals surface area contributed by atoms with Gasteiger partial charge in [-0.05, 0) is 51.0 Å². The summed E-state index contributed by atoms with van der Waals surface area (Å²) < 4.78 is 12.4. The van der Waals surface area contributed by atoms with Crippen LogP contribution in [0.15, 0.2) is 36.8 Å². The third kappa shape index (κ3) is 3.72. The van der Waals surface area contributed by atoms with E-state index in [0.29, 0.717) is 35.3 Å². The van der Waals surface area contributed by atoms with Gasteiger partial charge in [-0.3, -0.25) is 0 Å². The van der Waals surface area contributed by atoms with Gasteiger partial charge in [0.1, 0.15) is 17.6 Å². The maximum atomic E-state index is 11.9. The number of aromatic nitrogens is 4. The summed E-state index contributed by atoms with van der Waals surface area (Å²) in [6.45, 7) is 7.87. The number of rotatable bonds is 5. The maximum absolute atomic E-state index is 11.9. The molecule has 0 unspecified atom stereocenters. The molecule has 134 valence electrons. The molecule has 7 nitrogen and oxygen atoms in total. The molecule has 2 aromatic heterocycles. The van der Waals surface area contributed by atoms with Gasteiger partial charge in [0.05, 0.1) is 18.5 Å². The quantitative estimate of drug-likeness (QED) is 0.653. The van der Waals surface area contributed by atoms with E-state index in [0.717, 1.165) is 11.1 Å². The summed E-state index contributed by atoms with van der Waals surface area (Å²) in [6, 6.07) is 7.62. The van der Waals surface area contributed by atoms with E-state index in [9.17, 15) is 4.79 Å². The van der Waals surface area contributed by atoms with E-state index in [4.69, 9.17) is 9.47 Å². The molecule has 0 atom stereocenters. The van der Waals surface area contributed by atoms with Crippen LogP contribution >= 0.6 is 0 Å². The van der Waals surface area contributed by atoms with Gasteiger partial charge in [-0.25, -0.2) is 19.4 Å². The van der Waals surface area contributed by atoms with Gasteiger partial charge in [0.15, 0.2) is 5.82 Å². The smallest absolute Gasteiger partial charge is 0.341 e. The van der Waals surface area contributed by atoms with Crippen molar-refractivity contribution in [1.82, 2.24) is 19.7 Å². The fraction of sp³-hybridized carbons (Fsp3) is 0.263. The second-order valence-corrected chi connectivity index (χ2v) is 5.92. The molecule has 26 heavy (non-hydrogen) atoms. The lowest BCUT2D eigenvalue weighted by molar-refractivity contribution is 0.0525. The Morgan fingerprint density at radius 3 is 2.50 bits per heavy atom. The molecule has 3 rings (SSSR count). The molecule has 0 saturated carbocycles. The largest absolute Gasteiger partial charge is 0.462 e. The second kappa shape index (κ2) is 7.35. The van der Waals surface area contributed by atoms with E-state index < -0.39 is 5.97 Å². The van der Waals surface area contributed by atoms with Gasteiger partial charge in [-0.15, -0.1) is 0 Å². The summed E-state index contributed by atoms with van der Waals surface area (Å²) in [5, 5.41) is 4.24. The standard InChI is InChI=1S/C19H20N4O3/c1-5-25-19(24)16-10-22-23(14(16)4)17-9-18(21-11-20-17)26-15-7-12(2)6-13(3)8-15/h6-11H,5H2,1-4H3. The molecule has 0 N–H and O–H groups in total. The van der Waals surface area contributed by atoms with Gasteiger partial charge < -0.3 is 9.47 Å². The Bertz CT molecular complexity index is 929. The molecule has 0 bridgehead atoms. The second-order valence-electron chi connectivity index (χ2n) is 5.92.